The first kappa shape index (κ1) is 17.3. The molecule has 9 heteroatoms. The third-order valence-corrected chi connectivity index (χ3v) is 7.29. The van der Waals surface area contributed by atoms with E-state index in [9.17, 15) is 17.2 Å². The second-order valence-electron chi connectivity index (χ2n) is 5.95. The number of hydrogen-bond acceptors (Lipinski definition) is 5. The largest absolute Gasteiger partial charge is 0.345 e. The molecule has 1 aromatic heterocycles. The van der Waals surface area contributed by atoms with Crippen molar-refractivity contribution in [2.24, 2.45) is 0 Å². The lowest BCUT2D eigenvalue weighted by Gasteiger charge is -2.33. The minimum atomic E-state index is -3.64. The van der Waals surface area contributed by atoms with Gasteiger partial charge in [-0.25, -0.2) is 22.2 Å². The number of fused-ring (bicyclic) bond motifs is 1. The lowest BCUT2D eigenvalue weighted by Crippen LogP contribution is -2.48. The number of anilines is 1. The average Bonchev–Trinajstić information content (AvgIpc) is 3.05. The molecule has 0 N–H and O–H groups in total. The number of sulfonamides is 1. The Morgan fingerprint density at radius 2 is 1.58 bits per heavy atom. The van der Waals surface area contributed by atoms with Gasteiger partial charge in [0.1, 0.15) is 11.6 Å². The summed E-state index contributed by atoms with van der Waals surface area (Å²) in [5.74, 6) is -0.774. The van der Waals surface area contributed by atoms with Crippen molar-refractivity contribution in [3.63, 3.8) is 0 Å². The molecule has 0 saturated carbocycles. The van der Waals surface area contributed by atoms with E-state index in [4.69, 9.17) is 0 Å². The predicted molar refractivity (Wildman–Crippen MR) is 96.9 cm³/mol. The van der Waals surface area contributed by atoms with Gasteiger partial charge in [-0.05, 0) is 42.5 Å². The molecule has 2 heterocycles. The maximum absolute atomic E-state index is 13.3. The Kier molecular flexibility index (Phi) is 4.37. The number of thiazole rings is 1. The van der Waals surface area contributed by atoms with Crippen LogP contribution in [-0.2, 0) is 10.0 Å². The molecule has 26 heavy (non-hydrogen) atoms. The summed E-state index contributed by atoms with van der Waals surface area (Å²) in [6.45, 7) is 1.60. The van der Waals surface area contributed by atoms with E-state index in [2.05, 4.69) is 4.98 Å². The summed E-state index contributed by atoms with van der Waals surface area (Å²) in [4.78, 5) is 6.59. The lowest BCUT2D eigenvalue weighted by molar-refractivity contribution is 0.385. The summed E-state index contributed by atoms with van der Waals surface area (Å²) in [6.07, 6.45) is 0. The Morgan fingerprint density at radius 1 is 0.923 bits per heavy atom. The number of halogens is 2. The molecule has 1 saturated heterocycles. The van der Waals surface area contributed by atoms with Crippen molar-refractivity contribution >= 4 is 36.7 Å². The van der Waals surface area contributed by atoms with E-state index in [1.54, 1.807) is 6.07 Å². The highest BCUT2D eigenvalue weighted by atomic mass is 32.2. The maximum atomic E-state index is 13.3. The average molecular weight is 395 g/mol. The smallest absolute Gasteiger partial charge is 0.243 e. The van der Waals surface area contributed by atoms with Crippen molar-refractivity contribution in [2.45, 2.75) is 4.90 Å². The van der Waals surface area contributed by atoms with Crippen LogP contribution < -0.4 is 4.90 Å². The molecule has 0 unspecified atom stereocenters. The van der Waals surface area contributed by atoms with E-state index in [0.717, 1.165) is 27.5 Å². The quantitative estimate of drug-likeness (QED) is 0.684. The molecule has 2 aromatic carbocycles. The monoisotopic (exact) mass is 395 g/mol. The summed E-state index contributed by atoms with van der Waals surface area (Å²) in [5, 5.41) is 0.754. The van der Waals surface area contributed by atoms with Gasteiger partial charge in [0.25, 0.3) is 0 Å². The van der Waals surface area contributed by atoms with Crippen molar-refractivity contribution in [1.82, 2.24) is 9.29 Å². The Hall–Kier alpha value is -2.10. The molecule has 1 aliphatic rings. The zero-order valence-electron chi connectivity index (χ0n) is 13.6. The number of rotatable bonds is 3. The van der Waals surface area contributed by atoms with Crippen LogP contribution in [0.5, 0.6) is 0 Å². The Bertz CT molecular complexity index is 1040. The molecule has 0 spiro atoms. The van der Waals surface area contributed by atoms with Gasteiger partial charge in [0.05, 0.1) is 15.1 Å². The van der Waals surface area contributed by atoms with Crippen molar-refractivity contribution in [1.29, 1.82) is 0 Å². The maximum Gasteiger partial charge on any atom is 0.243 e. The van der Waals surface area contributed by atoms with Crippen molar-refractivity contribution < 1.29 is 17.2 Å². The van der Waals surface area contributed by atoms with E-state index in [0.29, 0.717) is 26.2 Å². The zero-order valence-corrected chi connectivity index (χ0v) is 15.2. The molecule has 0 bridgehead atoms. The first-order valence-electron chi connectivity index (χ1n) is 8.00. The van der Waals surface area contributed by atoms with E-state index < -0.39 is 15.8 Å². The number of piperazine rings is 1. The molecule has 0 aliphatic carbocycles. The third kappa shape index (κ3) is 3.17. The van der Waals surface area contributed by atoms with Gasteiger partial charge in [0.2, 0.25) is 10.0 Å². The topological polar surface area (TPSA) is 53.5 Å². The van der Waals surface area contributed by atoms with Crippen LogP contribution in [0.1, 0.15) is 0 Å². The van der Waals surface area contributed by atoms with Crippen LogP contribution in [0.3, 0.4) is 0 Å². The number of benzene rings is 2. The molecule has 136 valence electrons. The fourth-order valence-corrected chi connectivity index (χ4v) is 5.36. The van der Waals surface area contributed by atoms with Crippen molar-refractivity contribution in [3.8, 4) is 0 Å². The molecule has 4 rings (SSSR count). The summed E-state index contributed by atoms with van der Waals surface area (Å²) < 4.78 is 53.8. The van der Waals surface area contributed by atoms with E-state index >= 15 is 0 Å². The standard InChI is InChI=1S/C17H15F2N3O2S2/c18-12-1-4-14(5-2-12)26(23,24)22-9-7-21(8-10-22)17-20-15-6-3-13(19)11-16(15)25-17/h1-6,11H,7-10H2. The van der Waals surface area contributed by atoms with E-state index in [-0.39, 0.29) is 10.7 Å². The minimum absolute atomic E-state index is 0.0859. The highest BCUT2D eigenvalue weighted by molar-refractivity contribution is 7.89. The Balaban J connectivity index is 1.50. The first-order valence-corrected chi connectivity index (χ1v) is 10.3. The number of aromatic nitrogens is 1. The second kappa shape index (κ2) is 6.57. The highest BCUT2D eigenvalue weighted by Crippen LogP contribution is 2.30. The Morgan fingerprint density at radius 3 is 2.27 bits per heavy atom. The minimum Gasteiger partial charge on any atom is -0.345 e. The molecule has 1 aliphatic heterocycles. The first-order chi connectivity index (χ1) is 12.4. The van der Waals surface area contributed by atoms with Gasteiger partial charge in [-0.3, -0.25) is 0 Å². The molecule has 0 amide bonds. The van der Waals surface area contributed by atoms with Crippen LogP contribution in [0.25, 0.3) is 10.2 Å². The summed E-state index contributed by atoms with van der Waals surface area (Å²) in [5.41, 5.74) is 0.729. The molecule has 3 aromatic rings. The fraction of sp³-hybridized carbons (Fsp3) is 0.235. The lowest BCUT2D eigenvalue weighted by atomic mass is 10.3. The summed E-state index contributed by atoms with van der Waals surface area (Å²) in [6, 6.07) is 9.30. The van der Waals surface area contributed by atoms with Crippen LogP contribution in [0, 0.1) is 11.6 Å². The van der Waals surface area contributed by atoms with Crippen LogP contribution in [-0.4, -0.2) is 43.9 Å². The summed E-state index contributed by atoms with van der Waals surface area (Å²) >= 11 is 1.39. The molecular formula is C17H15F2N3O2S2. The molecular weight excluding hydrogens is 380 g/mol. The van der Waals surface area contributed by atoms with Crippen LogP contribution in [0.4, 0.5) is 13.9 Å². The zero-order chi connectivity index (χ0) is 18.3. The Labute approximate surface area is 153 Å². The second-order valence-corrected chi connectivity index (χ2v) is 8.90. The fourth-order valence-electron chi connectivity index (χ4n) is 2.90. The van der Waals surface area contributed by atoms with Crippen LogP contribution >= 0.6 is 11.3 Å². The van der Waals surface area contributed by atoms with Gasteiger partial charge in [-0.2, -0.15) is 4.31 Å². The van der Waals surface area contributed by atoms with Crippen molar-refractivity contribution in [3.05, 3.63) is 54.1 Å². The van der Waals surface area contributed by atoms with Gasteiger partial charge in [0, 0.05) is 26.2 Å². The van der Waals surface area contributed by atoms with Gasteiger partial charge >= 0.3 is 0 Å². The molecule has 0 atom stereocenters. The third-order valence-electron chi connectivity index (χ3n) is 4.30. The number of nitrogens with zero attached hydrogens (tertiary/aromatic N) is 3. The van der Waals surface area contributed by atoms with Crippen LogP contribution in [0.2, 0.25) is 0 Å². The number of hydrogen-bond donors (Lipinski definition) is 0. The highest BCUT2D eigenvalue weighted by Gasteiger charge is 2.29. The van der Waals surface area contributed by atoms with Gasteiger partial charge < -0.3 is 4.90 Å². The molecule has 0 radical (unpaired) electrons. The SMILES string of the molecule is O=S(=O)(c1ccc(F)cc1)N1CCN(c2nc3ccc(F)cc3s2)CC1. The van der Waals surface area contributed by atoms with Gasteiger partial charge in [-0.1, -0.05) is 11.3 Å². The molecule has 5 nitrogen and oxygen atoms in total. The van der Waals surface area contributed by atoms with Crippen LogP contribution in [0.15, 0.2) is 47.4 Å². The van der Waals surface area contributed by atoms with E-state index in [1.165, 1.54) is 39.9 Å². The normalized spacial score (nSPS) is 16.3. The molecule has 1 fully saturated rings. The van der Waals surface area contributed by atoms with E-state index in [1.807, 2.05) is 4.90 Å². The van der Waals surface area contributed by atoms with Crippen molar-refractivity contribution in [2.75, 3.05) is 31.1 Å². The summed E-state index contributed by atoms with van der Waals surface area (Å²) in [7, 11) is -3.64. The van der Waals surface area contributed by atoms with Gasteiger partial charge in [-0.15, -0.1) is 0 Å². The predicted octanol–water partition coefficient (Wildman–Crippen LogP) is 3.09. The van der Waals surface area contributed by atoms with Gasteiger partial charge in [0.15, 0.2) is 5.13 Å².